The van der Waals surface area contributed by atoms with E-state index >= 15 is 0 Å². The number of carboxylic acid groups (broad SMARTS) is 1. The quantitative estimate of drug-likeness (QED) is 0.337. The summed E-state index contributed by atoms with van der Waals surface area (Å²) in [6.45, 7) is 11.8. The van der Waals surface area contributed by atoms with E-state index in [9.17, 15) is 9.90 Å². The predicted octanol–water partition coefficient (Wildman–Crippen LogP) is 7.02. The lowest BCUT2D eigenvalue weighted by Gasteiger charge is -2.29. The lowest BCUT2D eigenvalue weighted by molar-refractivity contribution is -0.160. The van der Waals surface area contributed by atoms with Gasteiger partial charge in [0.15, 0.2) is 6.10 Å². The monoisotopic (exact) mass is 453 g/mol. The van der Waals surface area contributed by atoms with Crippen LogP contribution in [0.3, 0.4) is 0 Å². The van der Waals surface area contributed by atoms with E-state index in [2.05, 4.69) is 56.3 Å². The Bertz CT molecular complexity index is 1460. The van der Waals surface area contributed by atoms with Crippen molar-refractivity contribution in [2.75, 3.05) is 0 Å². The van der Waals surface area contributed by atoms with Crippen LogP contribution >= 0.6 is 0 Å². The van der Waals surface area contributed by atoms with Gasteiger partial charge in [-0.25, -0.2) is 4.79 Å². The van der Waals surface area contributed by atoms with Gasteiger partial charge in [0.2, 0.25) is 0 Å². The summed E-state index contributed by atoms with van der Waals surface area (Å²) in [7, 11) is 0. The van der Waals surface area contributed by atoms with Crippen molar-refractivity contribution in [2.24, 2.45) is 0 Å². The molecule has 0 spiro atoms. The highest BCUT2D eigenvalue weighted by atomic mass is 16.5. The highest BCUT2D eigenvalue weighted by Gasteiger charge is 2.33. The van der Waals surface area contributed by atoms with Crippen molar-refractivity contribution in [2.45, 2.75) is 66.1 Å². The van der Waals surface area contributed by atoms with Gasteiger partial charge in [0.25, 0.3) is 0 Å². The van der Waals surface area contributed by atoms with Gasteiger partial charge in [-0.05, 0) is 87.6 Å². The number of nitrogens with zero attached hydrogens (tertiary/aromatic N) is 1. The molecule has 0 fully saturated rings. The fourth-order valence-electron chi connectivity index (χ4n) is 5.47. The number of rotatable bonds is 4. The van der Waals surface area contributed by atoms with Crippen LogP contribution in [-0.2, 0) is 22.4 Å². The summed E-state index contributed by atoms with van der Waals surface area (Å²) in [6.07, 6.45) is 0.813. The number of fused-ring (bicyclic) bond motifs is 2. The number of carbonyl (C=O) groups is 1. The second-order valence-electron chi connectivity index (χ2n) is 10.5. The van der Waals surface area contributed by atoms with Gasteiger partial charge in [0, 0.05) is 22.0 Å². The summed E-state index contributed by atoms with van der Waals surface area (Å²) in [5.41, 5.74) is 8.43. The molecule has 0 saturated heterocycles. The smallest absolute Gasteiger partial charge is 0.337 e. The van der Waals surface area contributed by atoms with Gasteiger partial charge in [-0.3, -0.25) is 4.98 Å². The Morgan fingerprint density at radius 1 is 0.971 bits per heavy atom. The first-order valence-corrected chi connectivity index (χ1v) is 11.9. The zero-order valence-electron chi connectivity index (χ0n) is 20.7. The van der Waals surface area contributed by atoms with Gasteiger partial charge in [-0.2, -0.15) is 0 Å². The molecule has 5 rings (SSSR count). The Balaban J connectivity index is 1.95. The second kappa shape index (κ2) is 7.92. The van der Waals surface area contributed by atoms with E-state index in [0.29, 0.717) is 5.56 Å². The Morgan fingerprint density at radius 2 is 1.68 bits per heavy atom. The molecule has 4 aromatic rings. The van der Waals surface area contributed by atoms with Crippen molar-refractivity contribution in [3.05, 3.63) is 76.0 Å². The lowest BCUT2D eigenvalue weighted by Crippen LogP contribution is -2.28. The minimum Gasteiger partial charge on any atom is -0.479 e. The van der Waals surface area contributed by atoms with Crippen molar-refractivity contribution < 1.29 is 14.6 Å². The number of hydrogen-bond acceptors (Lipinski definition) is 3. The van der Waals surface area contributed by atoms with Gasteiger partial charge >= 0.3 is 5.97 Å². The Labute approximate surface area is 200 Å². The number of hydrogen-bond donors (Lipinski definition) is 1. The van der Waals surface area contributed by atoms with E-state index in [1.807, 2.05) is 27.7 Å². The fourth-order valence-corrected chi connectivity index (χ4v) is 5.47. The van der Waals surface area contributed by atoms with Crippen LogP contribution in [0, 0.1) is 20.8 Å². The van der Waals surface area contributed by atoms with Crippen LogP contribution in [0.1, 0.15) is 60.4 Å². The number of ether oxygens (including phenoxy) is 1. The average molecular weight is 454 g/mol. The first-order chi connectivity index (χ1) is 16.1. The van der Waals surface area contributed by atoms with E-state index in [-0.39, 0.29) is 0 Å². The third kappa shape index (κ3) is 3.57. The highest BCUT2D eigenvalue weighted by Crippen LogP contribution is 2.45. The standard InChI is InChI=1S/C30H31NO3/c1-16-10-12-20(13-11-16)23-17(2)24-21-9-7-8-19-14-15-22(26(19)21)31-27(24)18(3)25(23)28(29(32)33)34-30(4,5)6/h7-13,28H,14-15H2,1-6H3,(H,32,33)/t28-/m0/s1. The molecule has 0 saturated carbocycles. The number of aliphatic carboxylic acids is 1. The van der Waals surface area contributed by atoms with Gasteiger partial charge in [0.1, 0.15) is 0 Å². The molecule has 1 aliphatic rings. The Morgan fingerprint density at radius 3 is 2.32 bits per heavy atom. The van der Waals surface area contributed by atoms with Crippen molar-refractivity contribution >= 4 is 27.6 Å². The molecular formula is C30H31NO3. The minimum absolute atomic E-state index is 0.622. The molecule has 0 unspecified atom stereocenters. The van der Waals surface area contributed by atoms with E-state index in [1.165, 1.54) is 16.3 Å². The molecular weight excluding hydrogens is 422 g/mol. The Hall–Kier alpha value is -3.24. The predicted molar refractivity (Wildman–Crippen MR) is 138 cm³/mol. The van der Waals surface area contributed by atoms with Gasteiger partial charge in [-0.15, -0.1) is 0 Å². The molecule has 34 heavy (non-hydrogen) atoms. The molecule has 4 heteroatoms. The summed E-state index contributed by atoms with van der Waals surface area (Å²) in [6, 6.07) is 14.8. The normalized spacial score (nSPS) is 14.2. The summed E-state index contributed by atoms with van der Waals surface area (Å²) >= 11 is 0. The maximum Gasteiger partial charge on any atom is 0.337 e. The zero-order chi connectivity index (χ0) is 24.4. The maximum atomic E-state index is 12.6. The molecule has 0 aliphatic heterocycles. The zero-order valence-corrected chi connectivity index (χ0v) is 20.7. The van der Waals surface area contributed by atoms with Crippen LogP contribution in [0.2, 0.25) is 0 Å². The maximum absolute atomic E-state index is 12.6. The third-order valence-electron chi connectivity index (χ3n) is 6.90. The van der Waals surface area contributed by atoms with Crippen LogP contribution in [0.25, 0.3) is 32.8 Å². The summed E-state index contributed by atoms with van der Waals surface area (Å²) in [4.78, 5) is 17.7. The number of aromatic nitrogens is 1. The van der Waals surface area contributed by atoms with Crippen molar-refractivity contribution in [3.8, 4) is 11.1 Å². The van der Waals surface area contributed by atoms with Gasteiger partial charge in [0.05, 0.1) is 11.1 Å². The van der Waals surface area contributed by atoms with Gasteiger partial charge in [-0.1, -0.05) is 48.0 Å². The second-order valence-corrected chi connectivity index (χ2v) is 10.5. The summed E-state index contributed by atoms with van der Waals surface area (Å²) in [5, 5.41) is 13.9. The summed E-state index contributed by atoms with van der Waals surface area (Å²) < 4.78 is 6.18. The van der Waals surface area contributed by atoms with E-state index in [4.69, 9.17) is 9.72 Å². The number of aryl methyl sites for hydroxylation is 5. The van der Waals surface area contributed by atoms with Crippen molar-refractivity contribution in [1.29, 1.82) is 0 Å². The summed E-state index contributed by atoms with van der Waals surface area (Å²) in [5.74, 6) is -0.988. The number of carboxylic acids is 1. The van der Waals surface area contributed by atoms with Gasteiger partial charge < -0.3 is 9.84 Å². The Kier molecular flexibility index (Phi) is 5.25. The number of benzene rings is 3. The minimum atomic E-state index is -1.10. The fraction of sp³-hybridized carbons (Fsp3) is 0.333. The number of pyridine rings is 1. The molecule has 1 aromatic heterocycles. The highest BCUT2D eigenvalue weighted by molar-refractivity contribution is 6.13. The van der Waals surface area contributed by atoms with Crippen molar-refractivity contribution in [1.82, 2.24) is 4.98 Å². The molecule has 0 amide bonds. The van der Waals surface area contributed by atoms with Crippen molar-refractivity contribution in [3.63, 3.8) is 0 Å². The van der Waals surface area contributed by atoms with Crippen LogP contribution in [0.4, 0.5) is 0 Å². The largest absolute Gasteiger partial charge is 0.479 e. The van der Waals surface area contributed by atoms with E-state index in [0.717, 1.165) is 57.3 Å². The van der Waals surface area contributed by atoms with E-state index < -0.39 is 17.7 Å². The molecule has 0 radical (unpaired) electrons. The SMILES string of the molecule is Cc1ccc(-c2c([C@H](OC(C)(C)C)C(=O)O)c(C)c3nc4c5c(cccc5c3c2C)CC4)cc1. The molecule has 1 aliphatic carbocycles. The molecule has 1 heterocycles. The topological polar surface area (TPSA) is 59.4 Å². The van der Waals surface area contributed by atoms with E-state index in [1.54, 1.807) is 0 Å². The average Bonchev–Trinajstić information content (AvgIpc) is 3.19. The first-order valence-electron chi connectivity index (χ1n) is 11.9. The molecule has 1 atom stereocenters. The van der Waals surface area contributed by atoms with Crippen LogP contribution in [0.15, 0.2) is 42.5 Å². The van der Waals surface area contributed by atoms with Crippen LogP contribution in [0.5, 0.6) is 0 Å². The molecule has 4 nitrogen and oxygen atoms in total. The molecule has 0 bridgehead atoms. The lowest BCUT2D eigenvalue weighted by atomic mass is 9.84. The molecule has 174 valence electrons. The van der Waals surface area contributed by atoms with Crippen LogP contribution < -0.4 is 0 Å². The third-order valence-corrected chi connectivity index (χ3v) is 6.90. The first kappa shape index (κ1) is 22.5. The van der Waals surface area contributed by atoms with Crippen LogP contribution in [-0.4, -0.2) is 21.7 Å². The molecule has 3 aromatic carbocycles. The molecule has 1 N–H and O–H groups in total.